The van der Waals surface area contributed by atoms with Crippen LogP contribution in [0, 0.1) is 13.8 Å². The average Bonchev–Trinajstić information content (AvgIpc) is 2.92. The van der Waals surface area contributed by atoms with Crippen molar-refractivity contribution in [1.82, 2.24) is 19.5 Å². The fourth-order valence-electron chi connectivity index (χ4n) is 2.46. The van der Waals surface area contributed by atoms with Crippen molar-refractivity contribution in [1.29, 1.82) is 0 Å². The highest BCUT2D eigenvalue weighted by atomic mass is 16.5. The maximum atomic E-state index is 9.79. The predicted octanol–water partition coefficient (Wildman–Crippen LogP) is 0.0838. The minimum atomic E-state index is -0.670. The van der Waals surface area contributed by atoms with Crippen LogP contribution in [0.15, 0.2) is 6.33 Å². The van der Waals surface area contributed by atoms with E-state index < -0.39 is 12.2 Å². The Morgan fingerprint density at radius 3 is 2.89 bits per heavy atom. The van der Waals surface area contributed by atoms with E-state index >= 15 is 0 Å². The lowest BCUT2D eigenvalue weighted by molar-refractivity contribution is -0.0432. The van der Waals surface area contributed by atoms with E-state index in [1.807, 2.05) is 13.8 Å². The van der Waals surface area contributed by atoms with Gasteiger partial charge in [-0.05, 0) is 13.8 Å². The molecular weight excluding hydrogens is 248 g/mol. The summed E-state index contributed by atoms with van der Waals surface area (Å²) in [5.41, 5.74) is 2.25. The zero-order valence-corrected chi connectivity index (χ0v) is 10.8. The number of aliphatic hydroxyl groups excluding tert-OH is 2. The highest BCUT2D eigenvalue weighted by molar-refractivity contribution is 5.73. The van der Waals surface area contributed by atoms with Gasteiger partial charge in [-0.2, -0.15) is 0 Å². The van der Waals surface area contributed by atoms with Crippen molar-refractivity contribution in [3.8, 4) is 0 Å². The van der Waals surface area contributed by atoms with E-state index in [9.17, 15) is 5.11 Å². The molecule has 0 spiro atoms. The van der Waals surface area contributed by atoms with Crippen LogP contribution in [0.5, 0.6) is 0 Å². The number of nitrogens with zero attached hydrogens (tertiary/aromatic N) is 4. The first-order valence-corrected chi connectivity index (χ1v) is 6.22. The summed E-state index contributed by atoms with van der Waals surface area (Å²) < 4.78 is 7.41. The van der Waals surface area contributed by atoms with Gasteiger partial charge < -0.3 is 14.9 Å². The summed E-state index contributed by atoms with van der Waals surface area (Å²) >= 11 is 0. The van der Waals surface area contributed by atoms with Crippen molar-refractivity contribution in [2.45, 2.75) is 38.7 Å². The maximum Gasteiger partial charge on any atom is 0.165 e. The molecule has 7 heteroatoms. The second-order valence-electron chi connectivity index (χ2n) is 4.80. The van der Waals surface area contributed by atoms with Gasteiger partial charge in [0, 0.05) is 6.42 Å². The lowest BCUT2D eigenvalue weighted by Gasteiger charge is -2.13. The summed E-state index contributed by atoms with van der Waals surface area (Å²) in [7, 11) is 0. The average molecular weight is 264 g/mol. The van der Waals surface area contributed by atoms with Gasteiger partial charge in [0.2, 0.25) is 0 Å². The van der Waals surface area contributed by atoms with Crippen LogP contribution in [0.1, 0.15) is 24.2 Å². The van der Waals surface area contributed by atoms with Gasteiger partial charge >= 0.3 is 0 Å². The lowest BCUT2D eigenvalue weighted by Crippen LogP contribution is -2.24. The molecule has 0 radical (unpaired) electrons. The zero-order chi connectivity index (χ0) is 13.6. The first-order chi connectivity index (χ1) is 9.10. The lowest BCUT2D eigenvalue weighted by atomic mass is 10.2. The molecular formula is C12H16N4O3. The Hall–Kier alpha value is -1.57. The standard InChI is InChI=1S/C12H16N4O3/c1-6-11-12(15-7(2)14-6)16(5-13-11)10-3-8(18)9(4-17)19-10/h5,8-10,17-18H,3-4H2,1-2H3/t8-,9+,10+/m0/s1. The number of hydrogen-bond acceptors (Lipinski definition) is 6. The van der Waals surface area contributed by atoms with E-state index in [1.54, 1.807) is 10.9 Å². The van der Waals surface area contributed by atoms with Gasteiger partial charge in [-0.25, -0.2) is 15.0 Å². The summed E-state index contributed by atoms with van der Waals surface area (Å²) in [5, 5.41) is 18.9. The molecule has 1 saturated heterocycles. The highest BCUT2D eigenvalue weighted by Gasteiger charge is 2.35. The first kappa shape index (κ1) is 12.5. The Kier molecular flexibility index (Phi) is 2.96. The summed E-state index contributed by atoms with van der Waals surface area (Å²) in [4.78, 5) is 12.9. The Bertz CT molecular complexity index is 612. The maximum absolute atomic E-state index is 9.79. The van der Waals surface area contributed by atoms with E-state index in [-0.39, 0.29) is 12.8 Å². The van der Waals surface area contributed by atoms with Crippen LogP contribution in [0.3, 0.4) is 0 Å². The molecule has 1 aliphatic rings. The van der Waals surface area contributed by atoms with Crippen molar-refractivity contribution in [2.75, 3.05) is 6.61 Å². The number of ether oxygens (including phenoxy) is 1. The van der Waals surface area contributed by atoms with Crippen molar-refractivity contribution in [3.63, 3.8) is 0 Å². The molecule has 0 bridgehead atoms. The SMILES string of the molecule is Cc1nc(C)c2ncn([C@H]3C[C@H](O)[C@@H](CO)O3)c2n1. The third-order valence-electron chi connectivity index (χ3n) is 3.40. The summed E-state index contributed by atoms with van der Waals surface area (Å²) in [6, 6.07) is 0. The Balaban J connectivity index is 2.02. The van der Waals surface area contributed by atoms with Crippen LogP contribution in [0.4, 0.5) is 0 Å². The van der Waals surface area contributed by atoms with E-state index in [4.69, 9.17) is 9.84 Å². The third-order valence-corrected chi connectivity index (χ3v) is 3.40. The Morgan fingerprint density at radius 1 is 1.42 bits per heavy atom. The molecule has 2 N–H and O–H groups in total. The number of hydrogen-bond donors (Lipinski definition) is 2. The number of aliphatic hydroxyl groups is 2. The second-order valence-corrected chi connectivity index (χ2v) is 4.80. The molecule has 1 aliphatic heterocycles. The quantitative estimate of drug-likeness (QED) is 0.798. The van der Waals surface area contributed by atoms with E-state index in [1.165, 1.54) is 0 Å². The monoisotopic (exact) mass is 264 g/mol. The minimum absolute atomic E-state index is 0.197. The molecule has 3 heterocycles. The predicted molar refractivity (Wildman–Crippen MR) is 66.4 cm³/mol. The van der Waals surface area contributed by atoms with Crippen molar-refractivity contribution in [3.05, 3.63) is 17.8 Å². The van der Waals surface area contributed by atoms with Crippen LogP contribution in [-0.2, 0) is 4.74 Å². The number of aromatic nitrogens is 4. The van der Waals surface area contributed by atoms with Crippen LogP contribution in [0.2, 0.25) is 0 Å². The molecule has 0 aromatic carbocycles. The van der Waals surface area contributed by atoms with E-state index in [0.717, 1.165) is 11.2 Å². The van der Waals surface area contributed by atoms with Gasteiger partial charge in [0.1, 0.15) is 23.7 Å². The van der Waals surface area contributed by atoms with E-state index in [0.29, 0.717) is 17.9 Å². The van der Waals surface area contributed by atoms with Crippen molar-refractivity contribution < 1.29 is 14.9 Å². The van der Waals surface area contributed by atoms with Gasteiger partial charge in [-0.3, -0.25) is 4.57 Å². The molecule has 2 aromatic heterocycles. The molecule has 2 aromatic rings. The van der Waals surface area contributed by atoms with E-state index in [2.05, 4.69) is 15.0 Å². The molecule has 102 valence electrons. The molecule has 3 rings (SSSR count). The normalized spacial score (nSPS) is 27.3. The Morgan fingerprint density at radius 2 is 2.21 bits per heavy atom. The molecule has 0 unspecified atom stereocenters. The molecule has 0 aliphatic carbocycles. The smallest absolute Gasteiger partial charge is 0.165 e. The van der Waals surface area contributed by atoms with Gasteiger partial charge in [0.25, 0.3) is 0 Å². The van der Waals surface area contributed by atoms with Crippen LogP contribution >= 0.6 is 0 Å². The first-order valence-electron chi connectivity index (χ1n) is 6.22. The van der Waals surface area contributed by atoms with Gasteiger partial charge in [0.05, 0.1) is 24.7 Å². The fraction of sp³-hybridized carbons (Fsp3) is 0.583. The highest BCUT2D eigenvalue weighted by Crippen LogP contribution is 2.30. The summed E-state index contributed by atoms with van der Waals surface area (Å²) in [6.45, 7) is 3.51. The zero-order valence-electron chi connectivity index (χ0n) is 10.8. The topological polar surface area (TPSA) is 93.3 Å². The number of aryl methyl sites for hydroxylation is 2. The van der Waals surface area contributed by atoms with Crippen LogP contribution in [-0.4, -0.2) is 48.5 Å². The van der Waals surface area contributed by atoms with Gasteiger partial charge in [-0.15, -0.1) is 0 Å². The van der Waals surface area contributed by atoms with Gasteiger partial charge in [-0.1, -0.05) is 0 Å². The fourth-order valence-corrected chi connectivity index (χ4v) is 2.46. The second kappa shape index (κ2) is 4.52. The third kappa shape index (κ3) is 1.99. The number of fused-ring (bicyclic) bond motifs is 1. The van der Waals surface area contributed by atoms with Crippen molar-refractivity contribution in [2.24, 2.45) is 0 Å². The number of rotatable bonds is 2. The van der Waals surface area contributed by atoms with Crippen LogP contribution in [0.25, 0.3) is 11.2 Å². The number of imidazole rings is 1. The summed E-state index contributed by atoms with van der Waals surface area (Å²) in [6.07, 6.45) is 0.482. The van der Waals surface area contributed by atoms with Crippen molar-refractivity contribution >= 4 is 11.2 Å². The largest absolute Gasteiger partial charge is 0.394 e. The molecule has 3 atom stereocenters. The summed E-state index contributed by atoms with van der Waals surface area (Å²) in [5.74, 6) is 0.670. The minimum Gasteiger partial charge on any atom is -0.394 e. The van der Waals surface area contributed by atoms with Gasteiger partial charge in [0.15, 0.2) is 5.65 Å². The molecule has 0 amide bonds. The van der Waals surface area contributed by atoms with Crippen LogP contribution < -0.4 is 0 Å². The molecule has 7 nitrogen and oxygen atoms in total. The molecule has 1 fully saturated rings. The molecule has 19 heavy (non-hydrogen) atoms. The Labute approximate surface area is 109 Å². The molecule has 0 saturated carbocycles.